The van der Waals surface area contributed by atoms with Gasteiger partial charge in [0, 0.05) is 15.5 Å². The van der Waals surface area contributed by atoms with Crippen molar-refractivity contribution in [2.45, 2.75) is 0 Å². The van der Waals surface area contributed by atoms with Gasteiger partial charge in [0.1, 0.15) is 0 Å². The van der Waals surface area contributed by atoms with E-state index in [1.807, 2.05) is 24.3 Å². The number of hydrazine groups is 1. The first-order chi connectivity index (χ1) is 9.78. The molecule has 0 aliphatic carbocycles. The van der Waals surface area contributed by atoms with Crippen molar-refractivity contribution in [1.82, 2.24) is 9.97 Å². The Hall–Kier alpha value is -2.18. The van der Waals surface area contributed by atoms with Crippen molar-refractivity contribution in [3.8, 4) is 0 Å². The molecule has 0 unspecified atom stereocenters. The molecule has 0 amide bonds. The molecule has 0 radical (unpaired) electrons. The third-order valence-corrected chi connectivity index (χ3v) is 3.61. The fourth-order valence-corrected chi connectivity index (χ4v) is 2.48. The number of nitrogens with two attached hydrogens (primary N) is 1. The molecule has 1 heterocycles. The summed E-state index contributed by atoms with van der Waals surface area (Å²) in [5.41, 5.74) is 3.44. The van der Waals surface area contributed by atoms with Gasteiger partial charge in [0.2, 0.25) is 0 Å². The number of hydrogen-bond acceptors (Lipinski definition) is 5. The summed E-state index contributed by atoms with van der Waals surface area (Å²) in [6.07, 6.45) is 3.21. The van der Waals surface area contributed by atoms with E-state index in [9.17, 15) is 0 Å². The third-order valence-electron chi connectivity index (χ3n) is 2.92. The second kappa shape index (κ2) is 5.44. The van der Waals surface area contributed by atoms with Crippen LogP contribution in [0.4, 0.5) is 17.3 Å². The monoisotopic (exact) mass is 329 g/mol. The van der Waals surface area contributed by atoms with Gasteiger partial charge in [-0.05, 0) is 17.5 Å². The molecule has 5 nitrogen and oxygen atoms in total. The van der Waals surface area contributed by atoms with E-state index in [4.69, 9.17) is 5.84 Å². The fraction of sp³-hybridized carbons (Fsp3) is 0. The maximum Gasteiger partial charge on any atom is 0.160 e. The van der Waals surface area contributed by atoms with Gasteiger partial charge in [-0.15, -0.1) is 0 Å². The number of benzene rings is 2. The molecule has 0 bridgehead atoms. The summed E-state index contributed by atoms with van der Waals surface area (Å²) < 4.78 is 1.06. The first-order valence-electron chi connectivity index (χ1n) is 6.01. The van der Waals surface area contributed by atoms with Crippen LogP contribution in [0.5, 0.6) is 0 Å². The Labute approximate surface area is 124 Å². The predicted octanol–water partition coefficient (Wildman–Crippen LogP) is 3.42. The molecule has 0 atom stereocenters. The highest BCUT2D eigenvalue weighted by molar-refractivity contribution is 9.10. The van der Waals surface area contributed by atoms with Crippen molar-refractivity contribution in [2.24, 2.45) is 5.84 Å². The highest BCUT2D eigenvalue weighted by atomic mass is 79.9. The van der Waals surface area contributed by atoms with Crippen molar-refractivity contribution in [1.29, 1.82) is 0 Å². The number of halogens is 1. The molecule has 0 fully saturated rings. The van der Waals surface area contributed by atoms with Gasteiger partial charge in [-0.3, -0.25) is 4.98 Å². The Kier molecular flexibility index (Phi) is 3.49. The van der Waals surface area contributed by atoms with Crippen LogP contribution in [0, 0.1) is 0 Å². The van der Waals surface area contributed by atoms with Gasteiger partial charge in [0.15, 0.2) is 11.6 Å². The normalized spacial score (nSPS) is 10.5. The zero-order valence-corrected chi connectivity index (χ0v) is 12.1. The Bertz CT molecular complexity index is 759. The molecule has 0 aliphatic heterocycles. The number of anilines is 3. The number of fused-ring (bicyclic) bond motifs is 1. The van der Waals surface area contributed by atoms with Gasteiger partial charge in [-0.1, -0.05) is 40.2 Å². The maximum atomic E-state index is 5.34. The lowest BCUT2D eigenvalue weighted by Gasteiger charge is -2.10. The molecule has 0 saturated carbocycles. The van der Waals surface area contributed by atoms with Gasteiger partial charge in [-0.25, -0.2) is 10.8 Å². The van der Waals surface area contributed by atoms with Gasteiger partial charge in [-0.2, -0.15) is 0 Å². The smallest absolute Gasteiger partial charge is 0.160 e. The summed E-state index contributed by atoms with van der Waals surface area (Å²) in [7, 11) is 0. The Balaban J connectivity index is 2.04. The summed E-state index contributed by atoms with van der Waals surface area (Å²) in [4.78, 5) is 8.37. The van der Waals surface area contributed by atoms with E-state index in [1.165, 1.54) is 0 Å². The summed E-state index contributed by atoms with van der Waals surface area (Å²) in [5.74, 6) is 6.48. The minimum Gasteiger partial charge on any atom is -0.338 e. The van der Waals surface area contributed by atoms with Crippen LogP contribution in [0.25, 0.3) is 10.8 Å². The SMILES string of the molecule is NNc1cncc(Nc2ccc(Br)c3ccccc23)n1. The van der Waals surface area contributed by atoms with E-state index in [0.717, 1.165) is 20.9 Å². The zero-order valence-electron chi connectivity index (χ0n) is 10.5. The van der Waals surface area contributed by atoms with E-state index in [2.05, 4.69) is 48.8 Å². The lowest BCUT2D eigenvalue weighted by molar-refractivity contribution is 1.16. The van der Waals surface area contributed by atoms with E-state index < -0.39 is 0 Å². The van der Waals surface area contributed by atoms with Crippen LogP contribution in [0.2, 0.25) is 0 Å². The largest absolute Gasteiger partial charge is 0.338 e. The summed E-state index contributed by atoms with van der Waals surface area (Å²) >= 11 is 3.56. The van der Waals surface area contributed by atoms with Crippen LogP contribution >= 0.6 is 15.9 Å². The van der Waals surface area contributed by atoms with Crippen LogP contribution in [0.1, 0.15) is 0 Å². The maximum absolute atomic E-state index is 5.34. The van der Waals surface area contributed by atoms with Gasteiger partial charge in [0.25, 0.3) is 0 Å². The molecule has 1 aromatic heterocycles. The molecule has 3 aromatic rings. The van der Waals surface area contributed by atoms with Crippen LogP contribution in [0.15, 0.2) is 53.3 Å². The summed E-state index contributed by atoms with van der Waals surface area (Å²) in [6, 6.07) is 12.1. The fourth-order valence-electron chi connectivity index (χ4n) is 2.01. The average molecular weight is 330 g/mol. The molecule has 0 spiro atoms. The molecular weight excluding hydrogens is 318 g/mol. The van der Waals surface area contributed by atoms with E-state index in [0.29, 0.717) is 11.6 Å². The van der Waals surface area contributed by atoms with Crippen LogP contribution in [0.3, 0.4) is 0 Å². The number of nitrogens with one attached hydrogen (secondary N) is 2. The van der Waals surface area contributed by atoms with Gasteiger partial charge in [0.05, 0.1) is 12.4 Å². The summed E-state index contributed by atoms with van der Waals surface area (Å²) in [6.45, 7) is 0. The van der Waals surface area contributed by atoms with E-state index in [-0.39, 0.29) is 0 Å². The van der Waals surface area contributed by atoms with Gasteiger partial charge < -0.3 is 10.7 Å². The summed E-state index contributed by atoms with van der Waals surface area (Å²) in [5, 5.41) is 5.50. The zero-order chi connectivity index (χ0) is 13.9. The second-order valence-corrected chi connectivity index (χ2v) is 5.05. The number of nitrogens with zero attached hydrogens (tertiary/aromatic N) is 2. The molecule has 0 saturated heterocycles. The number of aromatic nitrogens is 2. The van der Waals surface area contributed by atoms with Crippen molar-refractivity contribution in [2.75, 3.05) is 10.7 Å². The second-order valence-electron chi connectivity index (χ2n) is 4.20. The average Bonchev–Trinajstić information content (AvgIpc) is 2.51. The standard InChI is InChI=1S/C14H12BrN5/c15-11-5-6-12(10-4-2-1-3-9(10)11)18-13-7-17-8-14(19-13)20-16/h1-8H,16H2,(H2,18,19,20). The third kappa shape index (κ3) is 2.43. The van der Waals surface area contributed by atoms with Gasteiger partial charge >= 0.3 is 0 Å². The highest BCUT2D eigenvalue weighted by Gasteiger charge is 2.05. The quantitative estimate of drug-likeness (QED) is 0.507. The Morgan fingerprint density at radius 3 is 2.50 bits per heavy atom. The lowest BCUT2D eigenvalue weighted by Crippen LogP contribution is -2.09. The molecule has 2 aromatic carbocycles. The first-order valence-corrected chi connectivity index (χ1v) is 6.80. The number of nitrogen functional groups attached to an aromatic ring is 1. The van der Waals surface area contributed by atoms with Crippen LogP contribution < -0.4 is 16.6 Å². The molecular formula is C14H12BrN5. The Morgan fingerprint density at radius 1 is 0.950 bits per heavy atom. The van der Waals surface area contributed by atoms with Crippen LogP contribution in [-0.4, -0.2) is 9.97 Å². The van der Waals surface area contributed by atoms with Crippen LogP contribution in [-0.2, 0) is 0 Å². The molecule has 100 valence electrons. The minimum atomic E-state index is 0.511. The van der Waals surface area contributed by atoms with E-state index in [1.54, 1.807) is 12.4 Å². The predicted molar refractivity (Wildman–Crippen MR) is 84.8 cm³/mol. The topological polar surface area (TPSA) is 75.9 Å². The molecule has 3 rings (SSSR count). The van der Waals surface area contributed by atoms with Crippen molar-refractivity contribution in [3.63, 3.8) is 0 Å². The lowest BCUT2D eigenvalue weighted by atomic mass is 10.1. The minimum absolute atomic E-state index is 0.511. The van der Waals surface area contributed by atoms with Crippen molar-refractivity contribution in [3.05, 3.63) is 53.3 Å². The van der Waals surface area contributed by atoms with Crippen molar-refractivity contribution >= 4 is 44.0 Å². The molecule has 20 heavy (non-hydrogen) atoms. The first kappa shape index (κ1) is 12.8. The molecule has 6 heteroatoms. The number of rotatable bonds is 3. The molecule has 0 aliphatic rings. The Morgan fingerprint density at radius 2 is 1.70 bits per heavy atom. The highest BCUT2D eigenvalue weighted by Crippen LogP contribution is 2.31. The van der Waals surface area contributed by atoms with E-state index >= 15 is 0 Å². The number of hydrogen-bond donors (Lipinski definition) is 3. The van der Waals surface area contributed by atoms with Crippen molar-refractivity contribution < 1.29 is 0 Å². The molecule has 4 N–H and O–H groups in total.